The molecule has 1 heterocycles. The van der Waals surface area contributed by atoms with Gasteiger partial charge in [-0.1, -0.05) is 196 Å². The van der Waals surface area contributed by atoms with Gasteiger partial charge < -0.3 is 40.3 Å². The van der Waals surface area contributed by atoms with Crippen molar-refractivity contribution in [1.82, 2.24) is 5.32 Å². The van der Waals surface area contributed by atoms with Gasteiger partial charge in [0, 0.05) is 6.42 Å². The molecule has 1 aliphatic rings. The second-order valence-electron chi connectivity index (χ2n) is 16.9. The minimum atomic E-state index is -1.58. The summed E-state index contributed by atoms with van der Waals surface area (Å²) >= 11 is 0. The first-order valence-corrected chi connectivity index (χ1v) is 24.7. The first-order chi connectivity index (χ1) is 29.8. The number of amides is 1. The molecule has 7 atom stereocenters. The van der Waals surface area contributed by atoms with Crippen molar-refractivity contribution < 1.29 is 39.8 Å². The van der Waals surface area contributed by atoms with Gasteiger partial charge in [-0.25, -0.2) is 0 Å². The number of aliphatic hydroxyl groups excluding tert-OH is 5. The number of hydrogen-bond acceptors (Lipinski definition) is 8. The number of allylic oxidation sites excluding steroid dienone is 11. The summed E-state index contributed by atoms with van der Waals surface area (Å²) in [6.07, 6.45) is 49.4. The lowest BCUT2D eigenvalue weighted by Crippen LogP contribution is -2.60. The summed E-state index contributed by atoms with van der Waals surface area (Å²) in [5.74, 6) is -0.210. The summed E-state index contributed by atoms with van der Waals surface area (Å²) in [5.41, 5.74) is 0. The highest BCUT2D eigenvalue weighted by atomic mass is 16.7. The number of rotatable bonds is 40. The Kier molecular flexibility index (Phi) is 38.7. The zero-order chi connectivity index (χ0) is 44.4. The smallest absolute Gasteiger partial charge is 0.220 e. The second-order valence-corrected chi connectivity index (χ2v) is 16.9. The average molecular weight is 858 g/mol. The number of unbranched alkanes of at least 4 members (excludes halogenated alkanes) is 20. The summed E-state index contributed by atoms with van der Waals surface area (Å²) in [4.78, 5) is 13.0. The molecule has 1 amide bonds. The zero-order valence-corrected chi connectivity index (χ0v) is 38.6. The Bertz CT molecular complexity index is 1180. The molecule has 0 aromatic heterocycles. The predicted octanol–water partition coefficient (Wildman–Crippen LogP) is 10.9. The van der Waals surface area contributed by atoms with Crippen LogP contribution in [-0.2, 0) is 14.3 Å². The summed E-state index contributed by atoms with van der Waals surface area (Å²) in [5, 5.41) is 54.3. The van der Waals surface area contributed by atoms with Gasteiger partial charge in [0.1, 0.15) is 24.4 Å². The van der Waals surface area contributed by atoms with Crippen LogP contribution in [0.5, 0.6) is 0 Å². The van der Waals surface area contributed by atoms with E-state index < -0.39 is 49.5 Å². The van der Waals surface area contributed by atoms with Gasteiger partial charge in [-0.3, -0.25) is 4.79 Å². The normalized spacial score (nSPS) is 21.1. The van der Waals surface area contributed by atoms with Crippen molar-refractivity contribution in [3.05, 3.63) is 72.9 Å². The van der Waals surface area contributed by atoms with Gasteiger partial charge >= 0.3 is 0 Å². The van der Waals surface area contributed by atoms with Crippen molar-refractivity contribution in [3.63, 3.8) is 0 Å². The predicted molar refractivity (Wildman–Crippen MR) is 253 cm³/mol. The van der Waals surface area contributed by atoms with Crippen molar-refractivity contribution in [2.24, 2.45) is 0 Å². The third-order valence-electron chi connectivity index (χ3n) is 11.3. The molecule has 7 unspecified atom stereocenters. The number of carbonyl (C=O) groups excluding carboxylic acids is 1. The lowest BCUT2D eigenvalue weighted by molar-refractivity contribution is -0.302. The van der Waals surface area contributed by atoms with Gasteiger partial charge in [-0.15, -0.1) is 0 Å². The largest absolute Gasteiger partial charge is 0.394 e. The third-order valence-corrected chi connectivity index (χ3v) is 11.3. The Morgan fingerprint density at radius 1 is 0.574 bits per heavy atom. The van der Waals surface area contributed by atoms with E-state index in [4.69, 9.17) is 9.47 Å². The van der Waals surface area contributed by atoms with Gasteiger partial charge in [0.05, 0.1) is 25.4 Å². The van der Waals surface area contributed by atoms with Crippen LogP contribution in [0, 0.1) is 0 Å². The fourth-order valence-corrected chi connectivity index (χ4v) is 7.36. The lowest BCUT2D eigenvalue weighted by atomic mass is 9.99. The van der Waals surface area contributed by atoms with E-state index in [1.807, 2.05) is 6.08 Å². The van der Waals surface area contributed by atoms with Crippen LogP contribution in [0.4, 0.5) is 0 Å². The van der Waals surface area contributed by atoms with E-state index in [9.17, 15) is 30.3 Å². The summed E-state index contributed by atoms with van der Waals surface area (Å²) in [6.45, 7) is 3.64. The molecule has 352 valence electrons. The van der Waals surface area contributed by atoms with Gasteiger partial charge in [0.15, 0.2) is 6.29 Å². The third kappa shape index (κ3) is 32.0. The Balaban J connectivity index is 2.36. The number of carbonyl (C=O) groups is 1. The van der Waals surface area contributed by atoms with E-state index in [0.717, 1.165) is 70.6 Å². The molecule has 61 heavy (non-hydrogen) atoms. The van der Waals surface area contributed by atoms with Crippen LogP contribution in [-0.4, -0.2) is 87.5 Å². The molecule has 9 nitrogen and oxygen atoms in total. The molecule has 1 aliphatic heterocycles. The molecule has 0 bridgehead atoms. The maximum absolute atomic E-state index is 13.0. The monoisotopic (exact) mass is 858 g/mol. The highest BCUT2D eigenvalue weighted by Gasteiger charge is 2.44. The summed E-state index contributed by atoms with van der Waals surface area (Å²) in [6, 6.07) is -0.826. The first kappa shape index (κ1) is 56.6. The van der Waals surface area contributed by atoms with E-state index >= 15 is 0 Å². The van der Waals surface area contributed by atoms with Gasteiger partial charge in [-0.05, 0) is 64.2 Å². The highest BCUT2D eigenvalue weighted by molar-refractivity contribution is 5.76. The van der Waals surface area contributed by atoms with Crippen molar-refractivity contribution in [2.75, 3.05) is 13.2 Å². The molecule has 0 saturated carbocycles. The molecule has 1 rings (SSSR count). The van der Waals surface area contributed by atoms with E-state index in [-0.39, 0.29) is 12.5 Å². The maximum Gasteiger partial charge on any atom is 0.220 e. The van der Waals surface area contributed by atoms with Crippen LogP contribution in [0.15, 0.2) is 72.9 Å². The second kappa shape index (κ2) is 41.6. The number of ether oxygens (including phenoxy) is 2. The fourth-order valence-electron chi connectivity index (χ4n) is 7.36. The van der Waals surface area contributed by atoms with Crippen molar-refractivity contribution in [2.45, 2.75) is 236 Å². The number of nitrogens with one attached hydrogen (secondary N) is 1. The minimum absolute atomic E-state index is 0.205. The maximum atomic E-state index is 13.0. The van der Waals surface area contributed by atoms with Crippen LogP contribution in [0.25, 0.3) is 0 Å². The van der Waals surface area contributed by atoms with Crippen molar-refractivity contribution in [1.29, 1.82) is 0 Å². The molecule has 0 aromatic carbocycles. The van der Waals surface area contributed by atoms with Crippen molar-refractivity contribution in [3.8, 4) is 0 Å². The van der Waals surface area contributed by atoms with Crippen molar-refractivity contribution >= 4 is 5.91 Å². The van der Waals surface area contributed by atoms with E-state index in [1.54, 1.807) is 6.08 Å². The zero-order valence-electron chi connectivity index (χ0n) is 38.6. The molecule has 0 radical (unpaired) electrons. The van der Waals surface area contributed by atoms with Crippen LogP contribution in [0.2, 0.25) is 0 Å². The van der Waals surface area contributed by atoms with Crippen LogP contribution >= 0.6 is 0 Å². The quantitative estimate of drug-likeness (QED) is 0.0264. The molecule has 0 spiro atoms. The molecular formula is C52H91NO8. The first-order valence-electron chi connectivity index (χ1n) is 24.7. The Hall–Kier alpha value is -2.37. The number of aliphatic hydroxyl groups is 5. The van der Waals surface area contributed by atoms with Gasteiger partial charge in [0.2, 0.25) is 5.91 Å². The van der Waals surface area contributed by atoms with Crippen LogP contribution in [0.1, 0.15) is 194 Å². The lowest BCUT2D eigenvalue weighted by Gasteiger charge is -2.40. The van der Waals surface area contributed by atoms with Gasteiger partial charge in [-0.2, -0.15) is 0 Å². The van der Waals surface area contributed by atoms with Crippen LogP contribution in [0.3, 0.4) is 0 Å². The highest BCUT2D eigenvalue weighted by Crippen LogP contribution is 2.22. The molecule has 9 heteroatoms. The summed E-state index contributed by atoms with van der Waals surface area (Å²) < 4.78 is 11.2. The average Bonchev–Trinajstić information content (AvgIpc) is 3.26. The molecule has 6 N–H and O–H groups in total. The van der Waals surface area contributed by atoms with E-state index in [2.05, 4.69) is 79.9 Å². The Morgan fingerprint density at radius 3 is 1.51 bits per heavy atom. The molecular weight excluding hydrogens is 767 g/mol. The molecule has 1 saturated heterocycles. The van der Waals surface area contributed by atoms with Crippen LogP contribution < -0.4 is 5.32 Å². The molecule has 1 fully saturated rings. The standard InChI is InChI=1S/C52H91NO8/c1-3-5-7-9-11-13-15-17-19-21-23-25-27-29-31-33-35-37-39-41-46(55)45(44-60-52-51(59)50(58)49(57)47(43-54)61-52)53-48(56)42-40-38-36-34-32-30-28-26-24-22-20-18-16-14-12-10-8-6-4-2/h6,8,12,14,18,20,24,26,30,32,39,41,45-47,49-52,54-55,57-59H,3-5,7,9-11,13,15-17,19,21-23,25,27-29,31,33-38,40,42-44H2,1-2H3,(H,53,56)/b8-6-,14-12-,20-18-,26-24-,32-30-,41-39+. The van der Waals surface area contributed by atoms with E-state index in [0.29, 0.717) is 12.8 Å². The number of hydrogen-bond donors (Lipinski definition) is 6. The Labute approximate surface area is 372 Å². The molecule has 0 aromatic rings. The van der Waals surface area contributed by atoms with E-state index in [1.165, 1.54) is 96.3 Å². The molecule has 0 aliphatic carbocycles. The Morgan fingerprint density at radius 2 is 1.02 bits per heavy atom. The fraction of sp³-hybridized carbons (Fsp3) is 0.750. The summed E-state index contributed by atoms with van der Waals surface area (Å²) in [7, 11) is 0. The SMILES string of the molecule is CC/C=C\C/C=C\C/C=C\C/C=C\C/C=C\CCCCCC(=O)NC(COC1OC(CO)C(O)C(O)C1O)C(O)/C=C/CCCCCCCCCCCCCCCCCCC. The topological polar surface area (TPSA) is 149 Å². The minimum Gasteiger partial charge on any atom is -0.394 e. The van der Waals surface area contributed by atoms with Gasteiger partial charge in [0.25, 0.3) is 0 Å².